The third kappa shape index (κ3) is 4.40. The van der Waals surface area contributed by atoms with E-state index in [4.69, 9.17) is 8.23 Å². The molecule has 0 aromatic carbocycles. The molecule has 0 spiro atoms. The third-order valence-corrected chi connectivity index (χ3v) is 9.80. The zero-order valence-electron chi connectivity index (χ0n) is 8.97. The molecular formula is C9H22O2Si2. The smallest absolute Gasteiger partial charge is 0.316 e. The van der Waals surface area contributed by atoms with Crippen LogP contribution in [-0.2, 0) is 8.23 Å². The van der Waals surface area contributed by atoms with Crippen molar-refractivity contribution in [1.29, 1.82) is 0 Å². The van der Waals surface area contributed by atoms with Crippen LogP contribution < -0.4 is 0 Å². The fourth-order valence-electron chi connectivity index (χ4n) is 1.63. The van der Waals surface area contributed by atoms with Gasteiger partial charge in [-0.1, -0.05) is 45.4 Å². The first-order valence-corrected chi connectivity index (χ1v) is 9.22. The molecule has 0 bridgehead atoms. The highest BCUT2D eigenvalue weighted by Crippen LogP contribution is 2.23. The summed E-state index contributed by atoms with van der Waals surface area (Å²) in [5.41, 5.74) is 0. The van der Waals surface area contributed by atoms with Gasteiger partial charge in [-0.25, -0.2) is 0 Å². The highest BCUT2D eigenvalue weighted by Gasteiger charge is 2.37. The first-order valence-electron chi connectivity index (χ1n) is 5.55. The molecular weight excluding hydrogens is 196 g/mol. The first-order chi connectivity index (χ1) is 6.27. The van der Waals surface area contributed by atoms with Gasteiger partial charge < -0.3 is 8.23 Å². The van der Waals surface area contributed by atoms with Crippen molar-refractivity contribution in [2.24, 2.45) is 0 Å². The van der Waals surface area contributed by atoms with Gasteiger partial charge in [0, 0.05) is 0 Å². The predicted octanol–water partition coefficient (Wildman–Crippen LogP) is 2.46. The van der Waals surface area contributed by atoms with E-state index in [-0.39, 0.29) is 0 Å². The molecule has 0 saturated carbocycles. The highest BCUT2D eigenvalue weighted by atomic mass is 28.5. The maximum Gasteiger partial charge on any atom is 0.316 e. The molecule has 1 saturated heterocycles. The second-order valence-corrected chi connectivity index (χ2v) is 9.37. The predicted molar refractivity (Wildman–Crippen MR) is 60.5 cm³/mol. The van der Waals surface area contributed by atoms with E-state index < -0.39 is 18.6 Å². The highest BCUT2D eigenvalue weighted by molar-refractivity contribution is 6.79. The fraction of sp³-hybridized carbons (Fsp3) is 1.00. The first kappa shape index (κ1) is 11.4. The molecule has 1 aliphatic rings. The Morgan fingerprint density at radius 3 is 2.15 bits per heavy atom. The molecule has 0 unspecified atom stereocenters. The molecule has 1 fully saturated rings. The normalized spacial score (nSPS) is 29.1. The van der Waals surface area contributed by atoms with Crippen LogP contribution in [0.3, 0.4) is 0 Å². The molecule has 0 N–H and O–H groups in total. The average molecular weight is 218 g/mol. The van der Waals surface area contributed by atoms with E-state index >= 15 is 0 Å². The van der Waals surface area contributed by atoms with E-state index in [1.54, 1.807) is 0 Å². The number of hydrogen-bond acceptors (Lipinski definition) is 2. The largest absolute Gasteiger partial charge is 0.420 e. The van der Waals surface area contributed by atoms with Crippen LogP contribution in [0, 0.1) is 0 Å². The molecule has 0 aromatic heterocycles. The Hall–Kier alpha value is 0.354. The minimum Gasteiger partial charge on any atom is -0.420 e. The Balaban J connectivity index is 1.83. The van der Waals surface area contributed by atoms with Crippen molar-refractivity contribution < 1.29 is 8.23 Å². The van der Waals surface area contributed by atoms with Crippen LogP contribution in [0.4, 0.5) is 0 Å². The molecule has 0 aliphatic carbocycles. The minimum atomic E-state index is -1.50. The summed E-state index contributed by atoms with van der Waals surface area (Å²) in [6.45, 7) is 4.46. The lowest BCUT2D eigenvalue weighted by atomic mass is 10.1. The molecule has 0 amide bonds. The van der Waals surface area contributed by atoms with Crippen molar-refractivity contribution >= 4 is 18.6 Å². The van der Waals surface area contributed by atoms with Crippen LogP contribution in [0.1, 0.15) is 45.4 Å². The molecule has 1 rings (SSSR count). The van der Waals surface area contributed by atoms with Gasteiger partial charge in [0.25, 0.3) is 10.0 Å². The van der Waals surface area contributed by atoms with Gasteiger partial charge in [0.05, 0.1) is 0 Å². The quantitative estimate of drug-likeness (QED) is 0.483. The van der Waals surface area contributed by atoms with Crippen molar-refractivity contribution in [3.8, 4) is 0 Å². The molecule has 13 heavy (non-hydrogen) atoms. The second-order valence-electron chi connectivity index (χ2n) is 4.06. The Labute approximate surface area is 85.3 Å². The van der Waals surface area contributed by atoms with Crippen LogP contribution in [0.2, 0.25) is 12.6 Å². The Morgan fingerprint density at radius 2 is 1.62 bits per heavy atom. The lowest BCUT2D eigenvalue weighted by Gasteiger charge is -2.36. The third-order valence-electron chi connectivity index (χ3n) is 2.71. The molecule has 0 atom stereocenters. The van der Waals surface area contributed by atoms with E-state index in [9.17, 15) is 0 Å². The molecule has 1 aliphatic heterocycles. The van der Waals surface area contributed by atoms with Crippen molar-refractivity contribution in [1.82, 2.24) is 0 Å². The summed E-state index contributed by atoms with van der Waals surface area (Å²) in [5, 5.41) is 0. The van der Waals surface area contributed by atoms with Gasteiger partial charge in [0.15, 0.2) is 0 Å². The summed E-state index contributed by atoms with van der Waals surface area (Å²) >= 11 is 0. The topological polar surface area (TPSA) is 18.5 Å². The summed E-state index contributed by atoms with van der Waals surface area (Å²) in [4.78, 5) is 0. The van der Waals surface area contributed by atoms with Crippen molar-refractivity contribution in [3.63, 3.8) is 0 Å². The van der Waals surface area contributed by atoms with Gasteiger partial charge in [-0.2, -0.15) is 0 Å². The summed E-state index contributed by atoms with van der Waals surface area (Å²) in [7, 11) is -1.99. The summed E-state index contributed by atoms with van der Waals surface area (Å²) < 4.78 is 11.2. The van der Waals surface area contributed by atoms with Gasteiger partial charge in [0.2, 0.25) is 0 Å². The standard InChI is InChI=1S/C9H22O2Si2/c1-3-4-5-6-7-8-9-13(2)10-12-11-13/h3-9,12H2,1-2H3. The summed E-state index contributed by atoms with van der Waals surface area (Å²) in [6.07, 6.45) is 8.23. The van der Waals surface area contributed by atoms with E-state index in [0.717, 1.165) is 0 Å². The Bertz CT molecular complexity index is 138. The minimum absolute atomic E-state index is 0.485. The van der Waals surface area contributed by atoms with Crippen LogP contribution in [0.15, 0.2) is 0 Å². The molecule has 0 radical (unpaired) electrons. The van der Waals surface area contributed by atoms with Crippen LogP contribution >= 0.6 is 0 Å². The van der Waals surface area contributed by atoms with E-state index in [1.807, 2.05) is 0 Å². The number of unbranched alkanes of at least 4 members (excludes halogenated alkanes) is 5. The fourth-order valence-corrected chi connectivity index (χ4v) is 5.76. The number of hydrogen-bond donors (Lipinski definition) is 0. The van der Waals surface area contributed by atoms with Crippen molar-refractivity contribution in [2.75, 3.05) is 0 Å². The molecule has 4 heteroatoms. The van der Waals surface area contributed by atoms with Gasteiger partial charge in [0.1, 0.15) is 0 Å². The van der Waals surface area contributed by atoms with Crippen molar-refractivity contribution in [2.45, 2.75) is 58.0 Å². The zero-order valence-corrected chi connectivity index (χ0v) is 11.4. The van der Waals surface area contributed by atoms with Crippen LogP contribution in [-0.4, -0.2) is 18.6 Å². The van der Waals surface area contributed by atoms with E-state index in [0.29, 0.717) is 0 Å². The monoisotopic (exact) mass is 218 g/mol. The molecule has 1 heterocycles. The van der Waals surface area contributed by atoms with Gasteiger partial charge in [-0.15, -0.1) is 0 Å². The molecule has 2 nitrogen and oxygen atoms in total. The summed E-state index contributed by atoms with van der Waals surface area (Å²) in [6, 6.07) is 1.23. The Morgan fingerprint density at radius 1 is 1.00 bits per heavy atom. The van der Waals surface area contributed by atoms with Gasteiger partial charge >= 0.3 is 8.56 Å². The molecule has 0 aromatic rings. The lowest BCUT2D eigenvalue weighted by molar-refractivity contribution is 0.278. The van der Waals surface area contributed by atoms with Crippen LogP contribution in [0.5, 0.6) is 0 Å². The van der Waals surface area contributed by atoms with E-state index in [2.05, 4.69) is 13.5 Å². The zero-order chi connectivity index (χ0) is 9.57. The Kier molecular flexibility index (Phi) is 5.23. The van der Waals surface area contributed by atoms with Gasteiger partial charge in [-0.3, -0.25) is 0 Å². The SMILES string of the molecule is CCCCCCCC[Si]1(C)O[SiH2]O1. The lowest BCUT2D eigenvalue weighted by Crippen LogP contribution is -2.51. The molecule has 78 valence electrons. The second kappa shape index (κ2) is 5.95. The maximum absolute atomic E-state index is 5.60. The number of rotatable bonds is 7. The van der Waals surface area contributed by atoms with Crippen LogP contribution in [0.25, 0.3) is 0 Å². The maximum atomic E-state index is 5.60. The summed E-state index contributed by atoms with van der Waals surface area (Å²) in [5.74, 6) is 0. The van der Waals surface area contributed by atoms with Gasteiger partial charge in [-0.05, 0) is 12.6 Å². The average Bonchev–Trinajstić information content (AvgIpc) is 2.08. The van der Waals surface area contributed by atoms with E-state index in [1.165, 1.54) is 44.6 Å². The van der Waals surface area contributed by atoms with Crippen molar-refractivity contribution in [3.05, 3.63) is 0 Å².